The number of carbonyl (C=O) groups is 1. The summed E-state index contributed by atoms with van der Waals surface area (Å²) in [5.41, 5.74) is 0.779. The van der Waals surface area contributed by atoms with E-state index in [-0.39, 0.29) is 11.9 Å². The van der Waals surface area contributed by atoms with Crippen LogP contribution in [0.1, 0.15) is 17.9 Å². The van der Waals surface area contributed by atoms with Gasteiger partial charge in [0.2, 0.25) is 0 Å². The average Bonchev–Trinajstić information content (AvgIpc) is 2.29. The van der Waals surface area contributed by atoms with Gasteiger partial charge >= 0.3 is 5.97 Å². The molecule has 1 rings (SSSR count). The zero-order valence-electron chi connectivity index (χ0n) is 8.87. The molecule has 0 spiro atoms. The molecule has 16 heavy (non-hydrogen) atoms. The Balaban J connectivity index is 3.05. The van der Waals surface area contributed by atoms with E-state index in [1.807, 2.05) is 0 Å². The van der Waals surface area contributed by atoms with E-state index in [4.69, 9.17) is 27.9 Å². The molecule has 0 bridgehead atoms. The summed E-state index contributed by atoms with van der Waals surface area (Å²) in [4.78, 5) is 11.6. The van der Waals surface area contributed by atoms with E-state index >= 15 is 0 Å². The quantitative estimate of drug-likeness (QED) is 0.606. The monoisotopic (exact) mass is 258 g/mol. The number of methoxy groups -OCH3 is 1. The zero-order chi connectivity index (χ0) is 12.1. The van der Waals surface area contributed by atoms with Crippen molar-refractivity contribution in [3.05, 3.63) is 46.5 Å². The van der Waals surface area contributed by atoms with Gasteiger partial charge in [0.05, 0.1) is 23.1 Å². The first-order chi connectivity index (χ1) is 7.60. The van der Waals surface area contributed by atoms with Gasteiger partial charge in [-0.3, -0.25) is 4.79 Å². The number of carbonyl (C=O) groups excluding carboxylic acids is 1. The third-order valence-electron chi connectivity index (χ3n) is 2.23. The molecule has 0 saturated carbocycles. The maximum atomic E-state index is 11.6. The van der Waals surface area contributed by atoms with E-state index in [1.54, 1.807) is 24.3 Å². The van der Waals surface area contributed by atoms with Gasteiger partial charge in [-0.05, 0) is 24.1 Å². The topological polar surface area (TPSA) is 26.3 Å². The Labute approximate surface area is 105 Å². The molecule has 0 N–H and O–H groups in total. The van der Waals surface area contributed by atoms with E-state index < -0.39 is 0 Å². The molecule has 0 heterocycles. The highest BCUT2D eigenvalue weighted by Crippen LogP contribution is 2.28. The fourth-order valence-electron chi connectivity index (χ4n) is 1.41. The Hall–Kier alpha value is -0.990. The lowest BCUT2D eigenvalue weighted by atomic mass is 9.96. The molecule has 0 unspecified atom stereocenters. The second kappa shape index (κ2) is 5.92. The SMILES string of the molecule is C=CC[C@H](C(=O)OC)c1ccc(Cl)c(Cl)c1. The Bertz CT molecular complexity index is 402. The molecule has 1 atom stereocenters. The standard InChI is InChI=1S/C12H12Cl2O2/c1-3-4-9(12(15)16-2)8-5-6-10(13)11(14)7-8/h3,5-7,9H,1,4H2,2H3/t9-/m0/s1. The van der Waals surface area contributed by atoms with Crippen molar-refractivity contribution in [3.63, 3.8) is 0 Å². The van der Waals surface area contributed by atoms with Crippen molar-refractivity contribution < 1.29 is 9.53 Å². The number of halogens is 2. The van der Waals surface area contributed by atoms with E-state index in [0.29, 0.717) is 16.5 Å². The normalized spacial score (nSPS) is 11.9. The molecule has 86 valence electrons. The van der Waals surface area contributed by atoms with Crippen LogP contribution < -0.4 is 0 Å². The first-order valence-corrected chi connectivity index (χ1v) is 5.49. The molecule has 2 nitrogen and oxygen atoms in total. The Morgan fingerprint density at radius 1 is 1.50 bits per heavy atom. The number of hydrogen-bond donors (Lipinski definition) is 0. The lowest BCUT2D eigenvalue weighted by molar-refractivity contribution is -0.142. The predicted octanol–water partition coefficient (Wildman–Crippen LogP) is 3.83. The maximum absolute atomic E-state index is 11.6. The van der Waals surface area contributed by atoms with Gasteiger partial charge in [-0.2, -0.15) is 0 Å². The van der Waals surface area contributed by atoms with Gasteiger partial charge < -0.3 is 4.74 Å². The van der Waals surface area contributed by atoms with Crippen LogP contribution in [0.3, 0.4) is 0 Å². The van der Waals surface area contributed by atoms with Crippen molar-refractivity contribution in [1.82, 2.24) is 0 Å². The van der Waals surface area contributed by atoms with Crippen molar-refractivity contribution in [3.8, 4) is 0 Å². The molecule has 4 heteroatoms. The first-order valence-electron chi connectivity index (χ1n) is 4.73. The van der Waals surface area contributed by atoms with Gasteiger partial charge in [0, 0.05) is 0 Å². The van der Waals surface area contributed by atoms with Crippen molar-refractivity contribution in [2.75, 3.05) is 7.11 Å². The summed E-state index contributed by atoms with van der Waals surface area (Å²) in [5.74, 6) is -0.685. The first kappa shape index (κ1) is 13.1. The summed E-state index contributed by atoms with van der Waals surface area (Å²) in [6.45, 7) is 3.62. The lowest BCUT2D eigenvalue weighted by Crippen LogP contribution is -2.13. The van der Waals surface area contributed by atoms with Crippen LogP contribution in [0.15, 0.2) is 30.9 Å². The van der Waals surface area contributed by atoms with Gasteiger partial charge in [0.15, 0.2) is 0 Å². The van der Waals surface area contributed by atoms with Crippen LogP contribution in [0.2, 0.25) is 10.0 Å². The largest absolute Gasteiger partial charge is 0.469 e. The highest BCUT2D eigenvalue weighted by molar-refractivity contribution is 6.42. The summed E-state index contributed by atoms with van der Waals surface area (Å²) < 4.78 is 4.73. The average molecular weight is 259 g/mol. The third kappa shape index (κ3) is 3.00. The molecule has 0 saturated heterocycles. The molecule has 1 aromatic rings. The summed E-state index contributed by atoms with van der Waals surface area (Å²) in [5, 5.41) is 0.893. The number of rotatable bonds is 4. The van der Waals surface area contributed by atoms with Crippen molar-refractivity contribution in [2.24, 2.45) is 0 Å². The fourth-order valence-corrected chi connectivity index (χ4v) is 1.71. The minimum absolute atomic E-state index is 0.307. The lowest BCUT2D eigenvalue weighted by Gasteiger charge is -2.13. The van der Waals surface area contributed by atoms with E-state index in [2.05, 4.69) is 6.58 Å². The molecule has 1 aromatic carbocycles. The van der Waals surface area contributed by atoms with Crippen molar-refractivity contribution in [1.29, 1.82) is 0 Å². The highest BCUT2D eigenvalue weighted by Gasteiger charge is 2.20. The minimum Gasteiger partial charge on any atom is -0.469 e. The van der Waals surface area contributed by atoms with Gasteiger partial charge in [-0.25, -0.2) is 0 Å². The van der Waals surface area contributed by atoms with E-state index in [0.717, 1.165) is 5.56 Å². The molecule has 0 aromatic heterocycles. The second-order valence-electron chi connectivity index (χ2n) is 3.27. The van der Waals surface area contributed by atoms with Crippen molar-refractivity contribution in [2.45, 2.75) is 12.3 Å². The van der Waals surface area contributed by atoms with Crippen LogP contribution in [0.25, 0.3) is 0 Å². The van der Waals surface area contributed by atoms with Crippen LogP contribution in [0.4, 0.5) is 0 Å². The van der Waals surface area contributed by atoms with Gasteiger partial charge in [0.25, 0.3) is 0 Å². The molecule has 0 amide bonds. The Kier molecular flexibility index (Phi) is 4.84. The van der Waals surface area contributed by atoms with Crippen LogP contribution >= 0.6 is 23.2 Å². The Morgan fingerprint density at radius 2 is 2.19 bits per heavy atom. The van der Waals surface area contributed by atoms with E-state index in [1.165, 1.54) is 7.11 Å². The highest BCUT2D eigenvalue weighted by atomic mass is 35.5. The van der Waals surface area contributed by atoms with Crippen LogP contribution in [0.5, 0.6) is 0 Å². The van der Waals surface area contributed by atoms with E-state index in [9.17, 15) is 4.79 Å². The molecular formula is C12H12Cl2O2. The number of allylic oxidation sites excluding steroid dienone is 1. The van der Waals surface area contributed by atoms with Gasteiger partial charge in [-0.1, -0.05) is 35.3 Å². The molecule has 0 fully saturated rings. The smallest absolute Gasteiger partial charge is 0.313 e. The maximum Gasteiger partial charge on any atom is 0.313 e. The van der Waals surface area contributed by atoms with Crippen molar-refractivity contribution >= 4 is 29.2 Å². The number of ether oxygens (including phenoxy) is 1. The molecular weight excluding hydrogens is 247 g/mol. The Morgan fingerprint density at radius 3 is 2.69 bits per heavy atom. The fraction of sp³-hybridized carbons (Fsp3) is 0.250. The second-order valence-corrected chi connectivity index (χ2v) is 4.09. The zero-order valence-corrected chi connectivity index (χ0v) is 10.4. The van der Waals surface area contributed by atoms with Gasteiger partial charge in [-0.15, -0.1) is 6.58 Å². The molecule has 0 aliphatic heterocycles. The summed E-state index contributed by atoms with van der Waals surface area (Å²) in [7, 11) is 1.36. The number of hydrogen-bond acceptors (Lipinski definition) is 2. The summed E-state index contributed by atoms with van der Waals surface area (Å²) in [6.07, 6.45) is 2.18. The minimum atomic E-state index is -0.378. The predicted molar refractivity (Wildman–Crippen MR) is 66.0 cm³/mol. The summed E-state index contributed by atoms with van der Waals surface area (Å²) >= 11 is 11.7. The third-order valence-corrected chi connectivity index (χ3v) is 2.97. The van der Waals surface area contributed by atoms with Gasteiger partial charge in [0.1, 0.15) is 0 Å². The molecule has 0 aliphatic carbocycles. The molecule has 0 aliphatic rings. The number of esters is 1. The van der Waals surface area contributed by atoms with Crippen LogP contribution in [0, 0.1) is 0 Å². The molecule has 0 radical (unpaired) electrons. The summed E-state index contributed by atoms with van der Waals surface area (Å²) in [6, 6.07) is 5.10. The number of benzene rings is 1. The van der Waals surface area contributed by atoms with Crippen LogP contribution in [-0.2, 0) is 9.53 Å². The van der Waals surface area contributed by atoms with Crippen LogP contribution in [-0.4, -0.2) is 13.1 Å².